The maximum atomic E-state index is 13.4. The summed E-state index contributed by atoms with van der Waals surface area (Å²) in [6.07, 6.45) is 0. The molecule has 2 heterocycles. The number of hydrogen-bond acceptors (Lipinski definition) is 5. The van der Waals surface area contributed by atoms with Crippen molar-refractivity contribution in [3.63, 3.8) is 0 Å². The number of halogens is 1. The third-order valence-electron chi connectivity index (χ3n) is 1.78. The molecule has 0 aliphatic heterocycles. The third-order valence-corrected chi connectivity index (χ3v) is 1.78. The Balaban J connectivity index is 2.88. The highest BCUT2D eigenvalue weighted by Crippen LogP contribution is 2.17. The first-order valence-corrected chi connectivity index (χ1v) is 3.92. The predicted molar refractivity (Wildman–Crippen MR) is 46.8 cm³/mol. The molecule has 0 radical (unpaired) electrons. The summed E-state index contributed by atoms with van der Waals surface area (Å²) in [5, 5.41) is 15.8. The fourth-order valence-corrected chi connectivity index (χ4v) is 1.20. The van der Waals surface area contributed by atoms with Gasteiger partial charge in [-0.3, -0.25) is 0 Å². The van der Waals surface area contributed by atoms with Gasteiger partial charge >= 0.3 is 5.97 Å². The minimum atomic E-state index is -1.48. The topological polar surface area (TPSA) is 106 Å². The molecule has 0 atom stereocenters. The lowest BCUT2D eigenvalue weighted by molar-refractivity contribution is 0.0685. The van der Waals surface area contributed by atoms with E-state index in [1.165, 1.54) is 6.92 Å². The molecule has 0 aliphatic carbocycles. The number of anilines is 1. The van der Waals surface area contributed by atoms with Crippen LogP contribution in [-0.2, 0) is 0 Å². The molecular formula is C7H6FN5O2. The van der Waals surface area contributed by atoms with Crippen LogP contribution in [0.25, 0.3) is 5.52 Å². The number of aromatic carboxylic acids is 1. The Kier molecular flexibility index (Phi) is 1.78. The van der Waals surface area contributed by atoms with Crippen LogP contribution >= 0.6 is 0 Å². The maximum absolute atomic E-state index is 13.4. The van der Waals surface area contributed by atoms with Crippen molar-refractivity contribution in [1.82, 2.24) is 19.8 Å². The molecule has 0 saturated carbocycles. The van der Waals surface area contributed by atoms with Gasteiger partial charge in [-0.05, 0) is 6.92 Å². The molecule has 0 saturated heterocycles. The van der Waals surface area contributed by atoms with E-state index in [1.54, 1.807) is 0 Å². The van der Waals surface area contributed by atoms with Crippen molar-refractivity contribution < 1.29 is 14.3 Å². The Morgan fingerprint density at radius 3 is 2.80 bits per heavy atom. The van der Waals surface area contributed by atoms with Gasteiger partial charge in [0.1, 0.15) is 5.82 Å². The minimum absolute atomic E-state index is 0.139. The lowest BCUT2D eigenvalue weighted by atomic mass is 10.3. The lowest BCUT2D eigenvalue weighted by Crippen LogP contribution is -2.04. The normalized spacial score (nSPS) is 10.8. The van der Waals surface area contributed by atoms with E-state index in [2.05, 4.69) is 15.2 Å². The van der Waals surface area contributed by atoms with E-state index in [0.29, 0.717) is 0 Å². The molecule has 2 aromatic heterocycles. The van der Waals surface area contributed by atoms with Gasteiger partial charge in [-0.1, -0.05) is 0 Å². The molecule has 0 amide bonds. The van der Waals surface area contributed by atoms with Crippen LogP contribution in [0.3, 0.4) is 0 Å². The predicted octanol–water partition coefficient (Wildman–Crippen LogP) is -0.148. The summed E-state index contributed by atoms with van der Waals surface area (Å²) >= 11 is 0. The van der Waals surface area contributed by atoms with Crippen molar-refractivity contribution in [3.8, 4) is 0 Å². The van der Waals surface area contributed by atoms with Crippen molar-refractivity contribution in [1.29, 1.82) is 0 Å². The van der Waals surface area contributed by atoms with Gasteiger partial charge in [0, 0.05) is 0 Å². The second kappa shape index (κ2) is 2.87. The first-order chi connectivity index (χ1) is 7.00. The highest BCUT2D eigenvalue weighted by molar-refractivity contribution is 5.88. The van der Waals surface area contributed by atoms with E-state index in [-0.39, 0.29) is 17.2 Å². The molecule has 8 heteroatoms. The lowest BCUT2D eigenvalue weighted by Gasteiger charge is -1.96. The summed E-state index contributed by atoms with van der Waals surface area (Å²) in [6.45, 7) is 1.54. The van der Waals surface area contributed by atoms with Gasteiger partial charge in [0.25, 0.3) is 0 Å². The minimum Gasteiger partial charge on any atom is -0.476 e. The van der Waals surface area contributed by atoms with Crippen LogP contribution in [0.15, 0.2) is 0 Å². The standard InChI is InChI=1S/C7H6FN5O2/c1-2-10-6(9)5-3(8)4(7(14)15)12-13(5)11-2/h1H3,(H,14,15)(H2,9,10,11). The first kappa shape index (κ1) is 9.31. The van der Waals surface area contributed by atoms with E-state index in [1.807, 2.05) is 0 Å². The fraction of sp³-hybridized carbons (Fsp3) is 0.143. The number of carbonyl (C=O) groups is 1. The maximum Gasteiger partial charge on any atom is 0.359 e. The molecule has 0 fully saturated rings. The molecule has 15 heavy (non-hydrogen) atoms. The molecule has 0 aromatic carbocycles. The van der Waals surface area contributed by atoms with Crippen molar-refractivity contribution in [2.75, 3.05) is 5.73 Å². The zero-order valence-corrected chi connectivity index (χ0v) is 7.60. The number of nitrogens with zero attached hydrogens (tertiary/aromatic N) is 4. The van der Waals surface area contributed by atoms with Crippen LogP contribution in [0.1, 0.15) is 16.3 Å². The van der Waals surface area contributed by atoms with Gasteiger partial charge < -0.3 is 10.8 Å². The van der Waals surface area contributed by atoms with Gasteiger partial charge in [-0.2, -0.15) is 0 Å². The van der Waals surface area contributed by atoms with Crippen LogP contribution in [0.2, 0.25) is 0 Å². The molecule has 78 valence electrons. The van der Waals surface area contributed by atoms with Gasteiger partial charge in [0.2, 0.25) is 5.69 Å². The third kappa shape index (κ3) is 1.26. The Bertz CT molecular complexity index is 564. The number of carboxylic acid groups (broad SMARTS) is 1. The molecule has 7 nitrogen and oxygen atoms in total. The Hall–Kier alpha value is -2.25. The van der Waals surface area contributed by atoms with E-state index >= 15 is 0 Å². The SMILES string of the molecule is Cc1nc(N)c2c(F)c(C(=O)O)nn2n1. The number of rotatable bonds is 1. The molecule has 2 rings (SSSR count). The fourth-order valence-electron chi connectivity index (χ4n) is 1.20. The van der Waals surface area contributed by atoms with E-state index in [4.69, 9.17) is 10.8 Å². The molecule has 2 aromatic rings. The summed E-state index contributed by atoms with van der Waals surface area (Å²) in [5.41, 5.74) is 4.48. The second-order valence-electron chi connectivity index (χ2n) is 2.85. The Labute approximate surface area is 82.3 Å². The summed E-state index contributed by atoms with van der Waals surface area (Å²) in [5.74, 6) is -2.37. The number of aryl methyl sites for hydroxylation is 1. The van der Waals surface area contributed by atoms with E-state index in [0.717, 1.165) is 4.63 Å². The molecule has 0 aliphatic rings. The van der Waals surface area contributed by atoms with Gasteiger partial charge in [-0.25, -0.2) is 14.2 Å². The van der Waals surface area contributed by atoms with E-state index < -0.39 is 17.5 Å². The number of fused-ring (bicyclic) bond motifs is 1. The smallest absolute Gasteiger partial charge is 0.359 e. The summed E-state index contributed by atoms with van der Waals surface area (Å²) in [7, 11) is 0. The van der Waals surface area contributed by atoms with Crippen molar-refractivity contribution in [2.24, 2.45) is 0 Å². The Morgan fingerprint density at radius 1 is 1.53 bits per heavy atom. The zero-order valence-electron chi connectivity index (χ0n) is 7.60. The summed E-state index contributed by atoms with van der Waals surface area (Å²) < 4.78 is 14.3. The molecule has 0 bridgehead atoms. The van der Waals surface area contributed by atoms with Crippen molar-refractivity contribution in [2.45, 2.75) is 6.92 Å². The summed E-state index contributed by atoms with van der Waals surface area (Å²) in [4.78, 5) is 14.3. The van der Waals surface area contributed by atoms with Crippen molar-refractivity contribution in [3.05, 3.63) is 17.3 Å². The second-order valence-corrected chi connectivity index (χ2v) is 2.85. The van der Waals surface area contributed by atoms with Crippen LogP contribution in [-0.4, -0.2) is 30.9 Å². The molecule has 3 N–H and O–H groups in total. The van der Waals surface area contributed by atoms with Crippen LogP contribution in [0, 0.1) is 12.7 Å². The first-order valence-electron chi connectivity index (χ1n) is 3.92. The quantitative estimate of drug-likeness (QED) is 0.679. The number of nitrogen functional groups attached to an aromatic ring is 1. The largest absolute Gasteiger partial charge is 0.476 e. The van der Waals surface area contributed by atoms with Crippen LogP contribution < -0.4 is 5.73 Å². The van der Waals surface area contributed by atoms with Gasteiger partial charge in [0.15, 0.2) is 17.2 Å². The van der Waals surface area contributed by atoms with Gasteiger partial charge in [0.05, 0.1) is 0 Å². The van der Waals surface area contributed by atoms with Crippen molar-refractivity contribution >= 4 is 17.3 Å². The zero-order chi connectivity index (χ0) is 11.2. The number of hydrogen-bond donors (Lipinski definition) is 2. The molecular weight excluding hydrogens is 205 g/mol. The summed E-state index contributed by atoms with van der Waals surface area (Å²) in [6, 6.07) is 0. The number of aromatic nitrogens is 4. The monoisotopic (exact) mass is 211 g/mol. The van der Waals surface area contributed by atoms with Gasteiger partial charge in [-0.15, -0.1) is 14.8 Å². The molecule has 0 unspecified atom stereocenters. The average molecular weight is 211 g/mol. The van der Waals surface area contributed by atoms with Crippen LogP contribution in [0.4, 0.5) is 10.2 Å². The highest BCUT2D eigenvalue weighted by atomic mass is 19.1. The van der Waals surface area contributed by atoms with Crippen LogP contribution in [0.5, 0.6) is 0 Å². The highest BCUT2D eigenvalue weighted by Gasteiger charge is 2.21. The Morgan fingerprint density at radius 2 is 2.20 bits per heavy atom. The number of nitrogens with two attached hydrogens (primary N) is 1. The number of carboxylic acids is 1. The average Bonchev–Trinajstić information content (AvgIpc) is 2.42. The molecule has 0 spiro atoms. The van der Waals surface area contributed by atoms with E-state index in [9.17, 15) is 9.18 Å².